The molecule has 0 saturated heterocycles. The first kappa shape index (κ1) is 12.6. The van der Waals surface area contributed by atoms with Crippen molar-refractivity contribution in [1.82, 2.24) is 4.98 Å². The maximum atomic E-state index is 9.29. The van der Waals surface area contributed by atoms with Gasteiger partial charge in [-0.25, -0.2) is 0 Å². The van der Waals surface area contributed by atoms with Gasteiger partial charge in [-0.2, -0.15) is 12.1 Å². The van der Waals surface area contributed by atoms with Gasteiger partial charge in [-0.3, -0.25) is 0 Å². The minimum atomic E-state index is 0. The van der Waals surface area contributed by atoms with Crippen molar-refractivity contribution >= 4 is 29.8 Å². The van der Waals surface area contributed by atoms with Crippen molar-refractivity contribution in [3.63, 3.8) is 0 Å². The Morgan fingerprint density at radius 3 is 2.69 bits per heavy atom. The molecule has 1 heterocycles. The molecule has 1 radical (unpaired) electrons. The summed E-state index contributed by atoms with van der Waals surface area (Å²) in [6, 6.07) is 8.89. The Morgan fingerprint density at radius 1 is 1.23 bits per heavy atom. The van der Waals surface area contributed by atoms with Crippen LogP contribution in [-0.4, -0.2) is 29.0 Å². The van der Waals surface area contributed by atoms with Crippen LogP contribution in [0.5, 0.6) is 5.75 Å². The number of phenols is 1. The molecule has 1 aromatic carbocycles. The van der Waals surface area contributed by atoms with Crippen LogP contribution in [0, 0.1) is 6.20 Å². The summed E-state index contributed by atoms with van der Waals surface area (Å²) in [5, 5.41) is 10.2. The molecule has 0 fully saturated rings. The number of benzene rings is 1. The van der Waals surface area contributed by atoms with Crippen molar-refractivity contribution in [1.29, 1.82) is 0 Å². The number of nitrogens with zero attached hydrogens (tertiary/aromatic N) is 1. The molecular weight excluding hydrogens is 152 g/mol. The molecule has 55 valence electrons. The second-order valence-electron chi connectivity index (χ2n) is 2.29. The second-order valence-corrected chi connectivity index (χ2v) is 2.29. The van der Waals surface area contributed by atoms with Gasteiger partial charge < -0.3 is 10.1 Å². The van der Waals surface area contributed by atoms with Crippen LogP contribution in [0.2, 0.25) is 0 Å². The van der Waals surface area contributed by atoms with E-state index in [1.54, 1.807) is 18.2 Å². The minimum absolute atomic E-state index is 0. The zero-order chi connectivity index (χ0) is 7.68. The summed E-state index contributed by atoms with van der Waals surface area (Å²) in [5.74, 6) is 0.208. The zero-order valence-corrected chi connectivity index (χ0v) is 7.78. The fraction of sp³-hybridized carbons (Fsp3) is 0. The number of aromatic nitrogens is 1. The monoisotopic (exact) mass is 158 g/mol. The topological polar surface area (TPSA) is 33.1 Å². The molecule has 0 spiro atoms. The molecule has 2 nitrogen and oxygen atoms in total. The minimum Gasteiger partial charge on any atom is -0.519 e. The molecule has 0 aliphatic rings. The van der Waals surface area contributed by atoms with E-state index in [2.05, 4.69) is 11.2 Å². The van der Waals surface area contributed by atoms with Crippen LogP contribution < -0.4 is 18.9 Å². The van der Waals surface area contributed by atoms with Crippen LogP contribution in [-0.2, 0) is 0 Å². The van der Waals surface area contributed by atoms with Crippen LogP contribution in [0.15, 0.2) is 30.3 Å². The Morgan fingerprint density at radius 2 is 2.00 bits per heavy atom. The van der Waals surface area contributed by atoms with E-state index in [0.717, 1.165) is 5.39 Å². The first-order valence-corrected chi connectivity index (χ1v) is 3.33. The van der Waals surface area contributed by atoms with E-state index in [4.69, 9.17) is 0 Å². The van der Waals surface area contributed by atoms with Crippen molar-refractivity contribution in [2.75, 3.05) is 0 Å². The van der Waals surface area contributed by atoms with Gasteiger partial charge in [-0.05, 0) is 11.6 Å². The maximum Gasteiger partial charge on any atom is 1.00 e. The molecule has 1 aromatic heterocycles. The second kappa shape index (κ2) is 5.38. The Labute approximate surface area is 101 Å². The summed E-state index contributed by atoms with van der Waals surface area (Å²) in [5.41, 5.74) is 0.606. The van der Waals surface area contributed by atoms with Gasteiger partial charge in [0.2, 0.25) is 0 Å². The number of hydrogen-bond donors (Lipinski definition) is 1. The smallest absolute Gasteiger partial charge is 0.519 e. The third kappa shape index (κ3) is 2.53. The first-order valence-electron chi connectivity index (χ1n) is 3.33. The molecule has 0 amide bonds. The van der Waals surface area contributed by atoms with Crippen molar-refractivity contribution in [2.24, 2.45) is 0 Å². The fourth-order valence-electron chi connectivity index (χ4n) is 1.03. The number of phenolic OH excluding ortho intramolecular Hbond substituents is 1. The molecule has 2 aromatic rings. The summed E-state index contributed by atoms with van der Waals surface area (Å²) < 4.78 is 0. The van der Waals surface area contributed by atoms with Gasteiger partial charge in [0.15, 0.2) is 0 Å². The van der Waals surface area contributed by atoms with E-state index in [1.165, 1.54) is 0 Å². The van der Waals surface area contributed by atoms with Crippen molar-refractivity contribution < 1.29 is 24.0 Å². The van der Waals surface area contributed by atoms with Crippen LogP contribution in [0.1, 0.15) is 0 Å². The van der Waals surface area contributed by atoms with Gasteiger partial charge in [-0.15, -0.1) is 5.39 Å². The van der Waals surface area contributed by atoms with Gasteiger partial charge in [0.25, 0.3) is 0 Å². The average Bonchev–Trinajstić information content (AvgIpc) is 2.06. The number of para-hydroxylation sites is 1. The van der Waals surface area contributed by atoms with Crippen molar-refractivity contribution in [2.45, 2.75) is 0 Å². The van der Waals surface area contributed by atoms with Gasteiger partial charge in [-0.1, -0.05) is 18.3 Å². The largest absolute Gasteiger partial charge is 1.00 e. The zero-order valence-electron chi connectivity index (χ0n) is 7.78. The van der Waals surface area contributed by atoms with Gasteiger partial charge >= 0.3 is 18.9 Å². The molecule has 4 heteroatoms. The molecule has 0 saturated carbocycles. The predicted octanol–water partition coefficient (Wildman–Crippen LogP) is -1.64. The number of hydrogen-bond acceptors (Lipinski definition) is 2. The first-order chi connectivity index (χ1) is 5.38. The fourth-order valence-corrected chi connectivity index (χ4v) is 1.03. The molecule has 2 rings (SSSR count). The molecule has 13 heavy (non-hydrogen) atoms. The molecule has 1 N–H and O–H groups in total. The molecule has 0 aliphatic carbocycles. The number of fused-ring (bicyclic) bond motifs is 1. The van der Waals surface area contributed by atoms with Crippen molar-refractivity contribution in [3.8, 4) is 5.75 Å². The van der Waals surface area contributed by atoms with E-state index in [0.29, 0.717) is 5.52 Å². The molecular formula is C9H6Li2NO. The Bertz CT molecular complexity index is 387. The number of pyridine rings is 1. The van der Waals surface area contributed by atoms with E-state index in [9.17, 15) is 5.11 Å². The van der Waals surface area contributed by atoms with E-state index < -0.39 is 0 Å². The SMILES string of the molecule is Oc1cccc2cc[c-]nc12.[Li+].[Li]. The summed E-state index contributed by atoms with van der Waals surface area (Å²) >= 11 is 0. The molecule has 0 atom stereocenters. The summed E-state index contributed by atoms with van der Waals surface area (Å²) in [6.07, 6.45) is 2.67. The Balaban J connectivity index is 0.000000720. The average molecular weight is 158 g/mol. The summed E-state index contributed by atoms with van der Waals surface area (Å²) in [4.78, 5) is 3.91. The van der Waals surface area contributed by atoms with Crippen LogP contribution in [0.3, 0.4) is 0 Å². The van der Waals surface area contributed by atoms with E-state index in [1.807, 2.05) is 12.1 Å². The molecule has 0 unspecified atom stereocenters. The maximum absolute atomic E-state index is 9.29. The van der Waals surface area contributed by atoms with Crippen LogP contribution in [0.4, 0.5) is 0 Å². The third-order valence-electron chi connectivity index (χ3n) is 1.56. The normalized spacial score (nSPS) is 8.62. The van der Waals surface area contributed by atoms with Gasteiger partial charge in [0.1, 0.15) is 0 Å². The third-order valence-corrected chi connectivity index (χ3v) is 1.56. The van der Waals surface area contributed by atoms with Crippen LogP contribution >= 0.6 is 0 Å². The summed E-state index contributed by atoms with van der Waals surface area (Å²) in [7, 11) is 0. The van der Waals surface area contributed by atoms with Crippen LogP contribution in [0.25, 0.3) is 10.9 Å². The molecule has 0 aliphatic heterocycles. The summed E-state index contributed by atoms with van der Waals surface area (Å²) in [6.45, 7) is 0. The van der Waals surface area contributed by atoms with Gasteiger partial charge in [0, 0.05) is 18.9 Å². The molecule has 0 bridgehead atoms. The number of rotatable bonds is 0. The predicted molar refractivity (Wildman–Crippen MR) is 48.0 cm³/mol. The van der Waals surface area contributed by atoms with Gasteiger partial charge in [0.05, 0.1) is 5.75 Å². The standard InChI is InChI=1S/C9H6NO.2Li/c11-8-5-1-3-7-4-2-6-10-9(7)8;;/h1-5,11H;;/q-1;;+1. The Hall–Kier alpha value is -0.375. The number of aromatic hydroxyl groups is 1. The quantitative estimate of drug-likeness (QED) is 0.368. The van der Waals surface area contributed by atoms with E-state index >= 15 is 0 Å². The van der Waals surface area contributed by atoms with E-state index in [-0.39, 0.29) is 43.5 Å². The van der Waals surface area contributed by atoms with Crippen molar-refractivity contribution in [3.05, 3.63) is 36.5 Å². The Kier molecular flexibility index (Phi) is 5.22.